The number of ketones is 1. The highest BCUT2D eigenvalue weighted by Gasteiger charge is 2.10. The molecule has 0 radical (unpaired) electrons. The van der Waals surface area contributed by atoms with Crippen LogP contribution >= 0.6 is 11.6 Å². The number of aromatic nitrogens is 2. The zero-order chi connectivity index (χ0) is 20.8. The lowest BCUT2D eigenvalue weighted by Gasteiger charge is -2.09. The zero-order valence-electron chi connectivity index (χ0n) is 16.2. The van der Waals surface area contributed by atoms with Gasteiger partial charge in [0, 0.05) is 46.2 Å². The minimum absolute atomic E-state index is 0.0928. The molecule has 0 aliphatic rings. The van der Waals surface area contributed by atoms with Crippen molar-refractivity contribution in [3.63, 3.8) is 0 Å². The minimum Gasteiger partial charge on any atom is -0.326 e. The zero-order valence-corrected chi connectivity index (χ0v) is 17.0. The first kappa shape index (κ1) is 20.5. The molecule has 0 saturated carbocycles. The first-order valence-electron chi connectivity index (χ1n) is 9.17. The highest BCUT2D eigenvalue weighted by Crippen LogP contribution is 2.18. The smallest absolute Gasteiger partial charge is 0.227 e. The average molecular weight is 409 g/mol. The number of aryl methyl sites for hydroxylation is 2. The molecule has 3 rings (SSSR count). The molecule has 0 aliphatic heterocycles. The van der Waals surface area contributed by atoms with Gasteiger partial charge in [0.2, 0.25) is 11.9 Å². The Balaban J connectivity index is 1.51. The van der Waals surface area contributed by atoms with Crippen LogP contribution in [0, 0.1) is 13.8 Å². The number of anilines is 3. The SMILES string of the molecule is Cc1cc(C)nc(Nc2ccc(NC(=O)CCC(=O)c3ccc(Cl)cc3)cc2)n1. The molecule has 6 nitrogen and oxygen atoms in total. The largest absolute Gasteiger partial charge is 0.326 e. The van der Waals surface area contributed by atoms with Gasteiger partial charge in [-0.1, -0.05) is 11.6 Å². The molecule has 2 N–H and O–H groups in total. The van der Waals surface area contributed by atoms with E-state index in [4.69, 9.17) is 11.6 Å². The van der Waals surface area contributed by atoms with Gasteiger partial charge in [0.05, 0.1) is 0 Å². The molecule has 7 heteroatoms. The lowest BCUT2D eigenvalue weighted by molar-refractivity contribution is -0.116. The van der Waals surface area contributed by atoms with Crippen molar-refractivity contribution in [2.75, 3.05) is 10.6 Å². The van der Waals surface area contributed by atoms with Crippen molar-refractivity contribution in [2.45, 2.75) is 26.7 Å². The van der Waals surface area contributed by atoms with Crippen LogP contribution in [0.3, 0.4) is 0 Å². The monoisotopic (exact) mass is 408 g/mol. The van der Waals surface area contributed by atoms with Gasteiger partial charge < -0.3 is 10.6 Å². The van der Waals surface area contributed by atoms with E-state index in [0.717, 1.165) is 17.1 Å². The fourth-order valence-electron chi connectivity index (χ4n) is 2.78. The van der Waals surface area contributed by atoms with Gasteiger partial charge in [-0.2, -0.15) is 0 Å². The van der Waals surface area contributed by atoms with E-state index in [2.05, 4.69) is 20.6 Å². The van der Waals surface area contributed by atoms with E-state index >= 15 is 0 Å². The van der Waals surface area contributed by atoms with E-state index in [1.165, 1.54) is 0 Å². The number of benzene rings is 2. The predicted molar refractivity (Wildman–Crippen MR) is 115 cm³/mol. The third-order valence-electron chi connectivity index (χ3n) is 4.15. The molecule has 1 heterocycles. The highest BCUT2D eigenvalue weighted by molar-refractivity contribution is 6.30. The van der Waals surface area contributed by atoms with Crippen LogP contribution in [0.25, 0.3) is 0 Å². The van der Waals surface area contributed by atoms with Crippen molar-refractivity contribution in [1.29, 1.82) is 0 Å². The van der Waals surface area contributed by atoms with Crippen molar-refractivity contribution in [3.05, 3.63) is 76.6 Å². The summed E-state index contributed by atoms with van der Waals surface area (Å²) in [5.41, 5.74) is 3.78. The predicted octanol–water partition coefficient (Wildman–Crippen LogP) is 5.09. The molecule has 0 saturated heterocycles. The Bertz CT molecular complexity index is 998. The highest BCUT2D eigenvalue weighted by atomic mass is 35.5. The van der Waals surface area contributed by atoms with Gasteiger partial charge in [0.25, 0.3) is 0 Å². The number of nitrogens with one attached hydrogen (secondary N) is 2. The number of carbonyl (C=O) groups is 2. The maximum atomic E-state index is 12.1. The molecule has 0 fully saturated rings. The second kappa shape index (κ2) is 9.30. The molecular formula is C22H21ClN4O2. The number of Topliss-reactive ketones (excluding diaryl/α,β-unsaturated/α-hetero) is 1. The molecule has 0 spiro atoms. The number of halogens is 1. The van der Waals surface area contributed by atoms with Crippen molar-refractivity contribution < 1.29 is 9.59 Å². The van der Waals surface area contributed by atoms with Crippen LogP contribution in [-0.4, -0.2) is 21.7 Å². The Morgan fingerprint density at radius 3 is 2.07 bits per heavy atom. The minimum atomic E-state index is -0.217. The third-order valence-corrected chi connectivity index (χ3v) is 4.40. The number of amides is 1. The summed E-state index contributed by atoms with van der Waals surface area (Å²) in [5, 5.41) is 6.51. The molecule has 1 amide bonds. The van der Waals surface area contributed by atoms with E-state index in [1.807, 2.05) is 32.0 Å². The van der Waals surface area contributed by atoms with Crippen molar-refractivity contribution in [2.24, 2.45) is 0 Å². The topological polar surface area (TPSA) is 84.0 Å². The molecule has 0 unspecified atom stereocenters. The molecule has 0 aliphatic carbocycles. The summed E-state index contributed by atoms with van der Waals surface area (Å²) in [6.07, 6.45) is 0.245. The fraction of sp³-hybridized carbons (Fsp3) is 0.182. The van der Waals surface area contributed by atoms with E-state index in [9.17, 15) is 9.59 Å². The number of hydrogen-bond acceptors (Lipinski definition) is 5. The summed E-state index contributed by atoms with van der Waals surface area (Å²) in [6, 6.07) is 15.8. The van der Waals surface area contributed by atoms with Crippen LogP contribution in [0.1, 0.15) is 34.6 Å². The number of hydrogen-bond donors (Lipinski definition) is 2. The van der Waals surface area contributed by atoms with Gasteiger partial charge in [-0.25, -0.2) is 9.97 Å². The first-order valence-corrected chi connectivity index (χ1v) is 9.55. The van der Waals surface area contributed by atoms with Crippen molar-refractivity contribution >= 4 is 40.6 Å². The van der Waals surface area contributed by atoms with Crippen LogP contribution in [0.2, 0.25) is 5.02 Å². The number of rotatable bonds is 7. The molecule has 3 aromatic rings. The Kier molecular flexibility index (Phi) is 6.57. The van der Waals surface area contributed by atoms with Crippen LogP contribution in [0.15, 0.2) is 54.6 Å². The normalized spacial score (nSPS) is 10.4. The lowest BCUT2D eigenvalue weighted by atomic mass is 10.1. The Morgan fingerprint density at radius 2 is 1.45 bits per heavy atom. The third kappa shape index (κ3) is 6.12. The second-order valence-corrected chi connectivity index (χ2v) is 7.09. The maximum Gasteiger partial charge on any atom is 0.227 e. The van der Waals surface area contributed by atoms with Crippen molar-refractivity contribution in [1.82, 2.24) is 9.97 Å². The quantitative estimate of drug-likeness (QED) is 0.532. The fourth-order valence-corrected chi connectivity index (χ4v) is 2.90. The molecule has 0 bridgehead atoms. The Labute approximate surface area is 174 Å². The van der Waals surface area contributed by atoms with Crippen molar-refractivity contribution in [3.8, 4) is 0 Å². The van der Waals surface area contributed by atoms with Gasteiger partial charge in [-0.05, 0) is 68.4 Å². The summed E-state index contributed by atoms with van der Waals surface area (Å²) >= 11 is 5.82. The van der Waals surface area contributed by atoms with Gasteiger partial charge >= 0.3 is 0 Å². The van der Waals surface area contributed by atoms with Gasteiger partial charge in [-0.3, -0.25) is 9.59 Å². The molecule has 148 valence electrons. The summed E-state index contributed by atoms with van der Waals surface area (Å²) in [5.74, 6) is 0.218. The molecule has 1 aromatic heterocycles. The van der Waals surface area contributed by atoms with Gasteiger partial charge in [-0.15, -0.1) is 0 Å². The second-order valence-electron chi connectivity index (χ2n) is 6.65. The van der Waals surface area contributed by atoms with E-state index in [0.29, 0.717) is 22.2 Å². The van der Waals surface area contributed by atoms with Crippen LogP contribution in [-0.2, 0) is 4.79 Å². The Morgan fingerprint density at radius 1 is 0.862 bits per heavy atom. The summed E-state index contributed by atoms with van der Waals surface area (Å²) in [7, 11) is 0. The van der Waals surface area contributed by atoms with E-state index in [-0.39, 0.29) is 24.5 Å². The van der Waals surface area contributed by atoms with Crippen LogP contribution < -0.4 is 10.6 Å². The summed E-state index contributed by atoms with van der Waals surface area (Å²) in [4.78, 5) is 32.9. The standard InChI is InChI=1S/C22H21ClN4O2/c1-14-13-15(2)25-22(24-14)27-19-9-7-18(8-10-19)26-21(29)12-11-20(28)16-3-5-17(23)6-4-16/h3-10,13H,11-12H2,1-2H3,(H,26,29)(H,24,25,27). The van der Waals surface area contributed by atoms with Crippen LogP contribution in [0.5, 0.6) is 0 Å². The van der Waals surface area contributed by atoms with E-state index < -0.39 is 0 Å². The molecule has 29 heavy (non-hydrogen) atoms. The van der Waals surface area contributed by atoms with Gasteiger partial charge in [0.15, 0.2) is 5.78 Å². The number of nitrogens with zero attached hydrogens (tertiary/aromatic N) is 2. The number of carbonyl (C=O) groups excluding carboxylic acids is 2. The van der Waals surface area contributed by atoms with Gasteiger partial charge in [0.1, 0.15) is 0 Å². The first-order chi connectivity index (χ1) is 13.9. The summed E-state index contributed by atoms with van der Waals surface area (Å²) in [6.45, 7) is 3.83. The summed E-state index contributed by atoms with van der Waals surface area (Å²) < 4.78 is 0. The lowest BCUT2D eigenvalue weighted by Crippen LogP contribution is -2.13. The Hall–Kier alpha value is -3.25. The maximum absolute atomic E-state index is 12.1. The van der Waals surface area contributed by atoms with Crippen LogP contribution in [0.4, 0.5) is 17.3 Å². The molecule has 0 atom stereocenters. The average Bonchev–Trinajstić information content (AvgIpc) is 2.67. The van der Waals surface area contributed by atoms with E-state index in [1.54, 1.807) is 36.4 Å². The molecule has 2 aromatic carbocycles. The molecular weight excluding hydrogens is 388 g/mol.